The van der Waals surface area contributed by atoms with Crippen LogP contribution in [0.1, 0.15) is 35.2 Å². The van der Waals surface area contributed by atoms with Crippen molar-refractivity contribution in [2.75, 3.05) is 39.5 Å². The highest BCUT2D eigenvalue weighted by Gasteiger charge is 2.26. The lowest BCUT2D eigenvalue weighted by Crippen LogP contribution is -3.28. The predicted molar refractivity (Wildman–Crippen MR) is 115 cm³/mol. The Hall–Kier alpha value is -2.57. The molecule has 0 saturated carbocycles. The van der Waals surface area contributed by atoms with Gasteiger partial charge in [-0.05, 0) is 55.7 Å². The van der Waals surface area contributed by atoms with Crippen molar-refractivity contribution < 1.29 is 24.1 Å². The zero-order chi connectivity index (χ0) is 21.1. The standard InChI is InChI=1S/C24H31N3O3/c1-17-4-6-21(12-18(17)2)19(3)25-24(28)15-27-10-8-26(9-11-27)14-20-5-7-22-23(13-20)30-16-29-22/h4-7,12-13,19H,8-11,14-16H2,1-3H3,(H,25,28)/p+2/t19-/m0/s1. The van der Waals surface area contributed by atoms with Crippen molar-refractivity contribution in [3.8, 4) is 11.5 Å². The molecule has 4 rings (SSSR count). The summed E-state index contributed by atoms with van der Waals surface area (Å²) in [5.74, 6) is 1.82. The number of hydrogen-bond acceptors (Lipinski definition) is 3. The fourth-order valence-corrected chi connectivity index (χ4v) is 4.29. The molecule has 160 valence electrons. The van der Waals surface area contributed by atoms with Gasteiger partial charge in [0.05, 0.1) is 6.04 Å². The molecule has 0 unspecified atom stereocenters. The number of carbonyl (C=O) groups excluding carboxylic acids is 1. The van der Waals surface area contributed by atoms with Crippen molar-refractivity contribution in [2.45, 2.75) is 33.4 Å². The molecule has 6 heteroatoms. The Kier molecular flexibility index (Phi) is 6.25. The Morgan fingerprint density at radius 2 is 1.70 bits per heavy atom. The largest absolute Gasteiger partial charge is 0.454 e. The number of ether oxygens (including phenoxy) is 2. The summed E-state index contributed by atoms with van der Waals surface area (Å²) in [4.78, 5) is 15.5. The van der Waals surface area contributed by atoms with Gasteiger partial charge in [0, 0.05) is 5.56 Å². The van der Waals surface area contributed by atoms with Crippen LogP contribution in [0.3, 0.4) is 0 Å². The number of nitrogens with one attached hydrogen (secondary N) is 3. The number of fused-ring (bicyclic) bond motifs is 1. The molecular formula is C24H33N3O3+2. The fraction of sp³-hybridized carbons (Fsp3) is 0.458. The molecule has 0 aliphatic carbocycles. The first-order valence-electron chi connectivity index (χ1n) is 10.9. The monoisotopic (exact) mass is 411 g/mol. The Labute approximate surface area is 178 Å². The number of carbonyl (C=O) groups is 1. The molecule has 0 bridgehead atoms. The van der Waals surface area contributed by atoms with Gasteiger partial charge in [-0.2, -0.15) is 0 Å². The zero-order valence-electron chi connectivity index (χ0n) is 18.2. The second kappa shape index (κ2) is 9.06. The highest BCUT2D eigenvalue weighted by Crippen LogP contribution is 2.32. The molecule has 2 aromatic rings. The minimum Gasteiger partial charge on any atom is -0.454 e. The van der Waals surface area contributed by atoms with Crippen molar-refractivity contribution >= 4 is 5.91 Å². The quantitative estimate of drug-likeness (QED) is 0.636. The third-order valence-corrected chi connectivity index (χ3v) is 6.37. The molecule has 1 fully saturated rings. The topological polar surface area (TPSA) is 56.4 Å². The van der Waals surface area contributed by atoms with Gasteiger partial charge in [-0.1, -0.05) is 18.2 Å². The first-order chi connectivity index (χ1) is 14.5. The summed E-state index contributed by atoms with van der Waals surface area (Å²) >= 11 is 0. The van der Waals surface area contributed by atoms with Gasteiger partial charge in [-0.15, -0.1) is 0 Å². The summed E-state index contributed by atoms with van der Waals surface area (Å²) in [6, 6.07) is 12.7. The van der Waals surface area contributed by atoms with E-state index < -0.39 is 0 Å². The van der Waals surface area contributed by atoms with Crippen LogP contribution >= 0.6 is 0 Å². The Morgan fingerprint density at radius 3 is 2.47 bits per heavy atom. The third-order valence-electron chi connectivity index (χ3n) is 6.37. The maximum absolute atomic E-state index is 12.6. The van der Waals surface area contributed by atoms with Crippen LogP contribution in [0, 0.1) is 13.8 Å². The van der Waals surface area contributed by atoms with Crippen LogP contribution in [0.25, 0.3) is 0 Å². The maximum atomic E-state index is 12.6. The minimum atomic E-state index is 0.0362. The van der Waals surface area contributed by atoms with Crippen molar-refractivity contribution in [3.63, 3.8) is 0 Å². The van der Waals surface area contributed by atoms with Crippen molar-refractivity contribution in [1.82, 2.24) is 5.32 Å². The summed E-state index contributed by atoms with van der Waals surface area (Å²) < 4.78 is 10.9. The van der Waals surface area contributed by atoms with E-state index >= 15 is 0 Å². The van der Waals surface area contributed by atoms with Crippen molar-refractivity contribution in [2.24, 2.45) is 0 Å². The number of quaternary nitrogens is 2. The van der Waals surface area contributed by atoms with Gasteiger partial charge >= 0.3 is 0 Å². The molecule has 0 spiro atoms. The number of benzene rings is 2. The molecule has 3 N–H and O–H groups in total. The van der Waals surface area contributed by atoms with E-state index in [1.165, 1.54) is 27.2 Å². The van der Waals surface area contributed by atoms with Crippen molar-refractivity contribution in [3.05, 3.63) is 58.7 Å². The lowest BCUT2D eigenvalue weighted by Gasteiger charge is -2.29. The van der Waals surface area contributed by atoms with Gasteiger partial charge in [0.1, 0.15) is 32.7 Å². The normalized spacial score (nSPS) is 21.3. The summed E-state index contributed by atoms with van der Waals surface area (Å²) in [6.07, 6.45) is 0. The van der Waals surface area contributed by atoms with Gasteiger partial charge in [-0.3, -0.25) is 4.79 Å². The average molecular weight is 412 g/mol. The lowest BCUT2D eigenvalue weighted by molar-refractivity contribution is -1.02. The molecule has 1 atom stereocenters. The Balaban J connectivity index is 1.22. The third kappa shape index (κ3) is 4.94. The SMILES string of the molecule is Cc1ccc([C@H](C)NC(=O)C[NH+]2CC[NH+](Cc3ccc4c(c3)OCO4)CC2)cc1C. The predicted octanol–water partition coefficient (Wildman–Crippen LogP) is 0.193. The summed E-state index contributed by atoms with van der Waals surface area (Å²) in [5.41, 5.74) is 4.99. The molecular weight excluding hydrogens is 378 g/mol. The van der Waals surface area contributed by atoms with Crippen molar-refractivity contribution in [1.29, 1.82) is 0 Å². The van der Waals surface area contributed by atoms with E-state index in [1.807, 2.05) is 6.07 Å². The van der Waals surface area contributed by atoms with Crippen LogP contribution in [0.4, 0.5) is 0 Å². The Morgan fingerprint density at radius 1 is 0.967 bits per heavy atom. The van der Waals surface area contributed by atoms with Crippen LogP contribution in [0.15, 0.2) is 36.4 Å². The fourth-order valence-electron chi connectivity index (χ4n) is 4.29. The maximum Gasteiger partial charge on any atom is 0.275 e. The molecule has 0 aromatic heterocycles. The Bertz CT molecular complexity index is 907. The number of piperazine rings is 1. The molecule has 2 heterocycles. The van der Waals surface area contributed by atoms with Crippen LogP contribution in [-0.4, -0.2) is 45.4 Å². The van der Waals surface area contributed by atoms with E-state index in [9.17, 15) is 4.79 Å². The second-order valence-electron chi connectivity index (χ2n) is 8.67. The summed E-state index contributed by atoms with van der Waals surface area (Å²) in [5, 5.41) is 3.17. The van der Waals surface area contributed by atoms with E-state index in [-0.39, 0.29) is 11.9 Å². The van der Waals surface area contributed by atoms with Gasteiger partial charge < -0.3 is 24.6 Å². The number of hydrogen-bond donors (Lipinski definition) is 3. The highest BCUT2D eigenvalue weighted by molar-refractivity contribution is 5.77. The van der Waals surface area contributed by atoms with E-state index in [4.69, 9.17) is 9.47 Å². The van der Waals surface area contributed by atoms with E-state index in [0.717, 1.165) is 44.2 Å². The van der Waals surface area contributed by atoms with Gasteiger partial charge in [0.2, 0.25) is 6.79 Å². The minimum absolute atomic E-state index is 0.0362. The van der Waals surface area contributed by atoms with Crippen LogP contribution in [-0.2, 0) is 11.3 Å². The van der Waals surface area contributed by atoms with Crippen LogP contribution in [0.2, 0.25) is 0 Å². The van der Waals surface area contributed by atoms with Gasteiger partial charge in [0.15, 0.2) is 18.0 Å². The van der Waals surface area contributed by atoms with E-state index in [2.05, 4.69) is 56.4 Å². The molecule has 2 aliphatic heterocycles. The number of aryl methyl sites for hydroxylation is 2. The van der Waals surface area contributed by atoms with E-state index in [0.29, 0.717) is 13.3 Å². The lowest BCUT2D eigenvalue weighted by atomic mass is 10.0. The van der Waals surface area contributed by atoms with Gasteiger partial charge in [0.25, 0.3) is 5.91 Å². The van der Waals surface area contributed by atoms with Gasteiger partial charge in [-0.25, -0.2) is 0 Å². The molecule has 1 amide bonds. The molecule has 1 saturated heterocycles. The molecule has 30 heavy (non-hydrogen) atoms. The molecule has 0 radical (unpaired) electrons. The summed E-state index contributed by atoms with van der Waals surface area (Å²) in [7, 11) is 0. The molecule has 6 nitrogen and oxygen atoms in total. The second-order valence-corrected chi connectivity index (χ2v) is 8.67. The van der Waals surface area contributed by atoms with E-state index in [1.54, 1.807) is 4.90 Å². The summed E-state index contributed by atoms with van der Waals surface area (Å²) in [6.45, 7) is 12.3. The first kappa shape index (κ1) is 20.7. The number of rotatable bonds is 6. The smallest absolute Gasteiger partial charge is 0.275 e. The highest BCUT2D eigenvalue weighted by atomic mass is 16.7. The first-order valence-corrected chi connectivity index (χ1v) is 10.9. The number of amides is 1. The molecule has 2 aromatic carbocycles. The zero-order valence-corrected chi connectivity index (χ0v) is 18.2. The molecule has 2 aliphatic rings. The average Bonchev–Trinajstić information content (AvgIpc) is 3.19. The van der Waals surface area contributed by atoms with Crippen LogP contribution < -0.4 is 24.6 Å². The van der Waals surface area contributed by atoms with Crippen LogP contribution in [0.5, 0.6) is 11.5 Å².